The SMILES string of the molecule is CCCC(C(=O)N1CCOC(C(=O)O)C1)C(C)C. The molecule has 1 rings (SSSR count). The molecule has 1 fully saturated rings. The van der Waals surface area contributed by atoms with Gasteiger partial charge in [0.2, 0.25) is 5.91 Å². The van der Waals surface area contributed by atoms with Crippen LogP contribution < -0.4 is 0 Å². The third-order valence-electron chi connectivity index (χ3n) is 3.38. The van der Waals surface area contributed by atoms with Gasteiger partial charge in [-0.1, -0.05) is 27.2 Å². The Morgan fingerprint density at radius 2 is 2.11 bits per heavy atom. The van der Waals surface area contributed by atoms with Crippen molar-refractivity contribution in [3.63, 3.8) is 0 Å². The van der Waals surface area contributed by atoms with Crippen LogP contribution in [0.1, 0.15) is 33.6 Å². The van der Waals surface area contributed by atoms with Crippen molar-refractivity contribution in [3.8, 4) is 0 Å². The van der Waals surface area contributed by atoms with E-state index in [1.54, 1.807) is 4.90 Å². The van der Waals surface area contributed by atoms with Gasteiger partial charge in [-0.25, -0.2) is 4.79 Å². The van der Waals surface area contributed by atoms with Gasteiger partial charge >= 0.3 is 5.97 Å². The maximum atomic E-state index is 12.4. The number of carboxylic acid groups (broad SMARTS) is 1. The monoisotopic (exact) mass is 257 g/mol. The second-order valence-electron chi connectivity index (χ2n) is 5.12. The highest BCUT2D eigenvalue weighted by Crippen LogP contribution is 2.21. The fourth-order valence-electron chi connectivity index (χ4n) is 2.29. The van der Waals surface area contributed by atoms with E-state index in [1.165, 1.54) is 0 Å². The van der Waals surface area contributed by atoms with Crippen molar-refractivity contribution in [3.05, 3.63) is 0 Å². The minimum absolute atomic E-state index is 0.0115. The Bertz CT molecular complexity index is 303. The van der Waals surface area contributed by atoms with Gasteiger partial charge < -0.3 is 14.7 Å². The Morgan fingerprint density at radius 1 is 1.44 bits per heavy atom. The van der Waals surface area contributed by atoms with E-state index in [9.17, 15) is 9.59 Å². The van der Waals surface area contributed by atoms with E-state index in [0.717, 1.165) is 12.8 Å². The zero-order valence-electron chi connectivity index (χ0n) is 11.4. The number of rotatable bonds is 5. The lowest BCUT2D eigenvalue weighted by Gasteiger charge is -2.34. The minimum atomic E-state index is -0.996. The second-order valence-corrected chi connectivity index (χ2v) is 5.12. The maximum Gasteiger partial charge on any atom is 0.334 e. The molecule has 1 saturated heterocycles. The lowest BCUT2D eigenvalue weighted by Crippen LogP contribution is -2.50. The normalized spacial score (nSPS) is 22.0. The number of carboxylic acids is 1. The van der Waals surface area contributed by atoms with Crippen LogP contribution in [0.5, 0.6) is 0 Å². The first-order valence-corrected chi connectivity index (χ1v) is 6.60. The lowest BCUT2D eigenvalue weighted by atomic mass is 9.90. The van der Waals surface area contributed by atoms with Crippen LogP contribution >= 0.6 is 0 Å². The third-order valence-corrected chi connectivity index (χ3v) is 3.38. The summed E-state index contributed by atoms with van der Waals surface area (Å²) in [5.41, 5.74) is 0. The molecule has 1 aliphatic rings. The number of amides is 1. The van der Waals surface area contributed by atoms with Crippen LogP contribution in [0.25, 0.3) is 0 Å². The minimum Gasteiger partial charge on any atom is -0.479 e. The van der Waals surface area contributed by atoms with E-state index < -0.39 is 12.1 Å². The van der Waals surface area contributed by atoms with E-state index >= 15 is 0 Å². The number of hydrogen-bond donors (Lipinski definition) is 1. The predicted octanol–water partition coefficient (Wildman–Crippen LogP) is 1.37. The van der Waals surface area contributed by atoms with Crippen LogP contribution in [-0.2, 0) is 14.3 Å². The first-order valence-electron chi connectivity index (χ1n) is 6.60. The molecule has 5 nitrogen and oxygen atoms in total. The molecule has 1 amide bonds. The van der Waals surface area contributed by atoms with Gasteiger partial charge in [-0.15, -0.1) is 0 Å². The zero-order chi connectivity index (χ0) is 13.7. The van der Waals surface area contributed by atoms with E-state index in [4.69, 9.17) is 9.84 Å². The molecule has 18 heavy (non-hydrogen) atoms. The molecule has 0 aliphatic carbocycles. The molecular formula is C13H23NO4. The highest BCUT2D eigenvalue weighted by Gasteiger charge is 2.32. The van der Waals surface area contributed by atoms with Crippen LogP contribution in [0.15, 0.2) is 0 Å². The summed E-state index contributed by atoms with van der Waals surface area (Å²) in [6.45, 7) is 7.10. The molecule has 2 atom stereocenters. The van der Waals surface area contributed by atoms with Gasteiger partial charge in [0.05, 0.1) is 13.2 Å². The molecular weight excluding hydrogens is 234 g/mol. The molecule has 0 aromatic rings. The van der Waals surface area contributed by atoms with Gasteiger partial charge in [0.25, 0.3) is 0 Å². The summed E-state index contributed by atoms with van der Waals surface area (Å²) in [5.74, 6) is -0.656. The summed E-state index contributed by atoms with van der Waals surface area (Å²) in [5, 5.41) is 8.93. The van der Waals surface area contributed by atoms with E-state index in [0.29, 0.717) is 13.2 Å². The van der Waals surface area contributed by atoms with E-state index in [1.807, 2.05) is 13.8 Å². The van der Waals surface area contributed by atoms with Crippen molar-refractivity contribution in [2.75, 3.05) is 19.7 Å². The lowest BCUT2D eigenvalue weighted by molar-refractivity contribution is -0.161. The highest BCUT2D eigenvalue weighted by atomic mass is 16.5. The average molecular weight is 257 g/mol. The summed E-state index contributed by atoms with van der Waals surface area (Å²) < 4.78 is 5.13. The van der Waals surface area contributed by atoms with Crippen molar-refractivity contribution in [1.82, 2.24) is 4.90 Å². The number of hydrogen-bond acceptors (Lipinski definition) is 3. The molecule has 5 heteroatoms. The van der Waals surface area contributed by atoms with Gasteiger partial charge in [0.1, 0.15) is 0 Å². The molecule has 0 bridgehead atoms. The molecule has 0 saturated carbocycles. The van der Waals surface area contributed by atoms with E-state index in [-0.39, 0.29) is 24.3 Å². The fraction of sp³-hybridized carbons (Fsp3) is 0.846. The van der Waals surface area contributed by atoms with Gasteiger partial charge in [-0.3, -0.25) is 4.79 Å². The van der Waals surface area contributed by atoms with Crippen LogP contribution in [0.3, 0.4) is 0 Å². The van der Waals surface area contributed by atoms with Crippen LogP contribution in [0.4, 0.5) is 0 Å². The van der Waals surface area contributed by atoms with Crippen molar-refractivity contribution in [2.24, 2.45) is 11.8 Å². The van der Waals surface area contributed by atoms with Gasteiger partial charge in [0.15, 0.2) is 6.10 Å². The Morgan fingerprint density at radius 3 is 2.61 bits per heavy atom. The van der Waals surface area contributed by atoms with E-state index in [2.05, 4.69) is 6.92 Å². The van der Waals surface area contributed by atoms with Gasteiger partial charge in [-0.05, 0) is 12.3 Å². The van der Waals surface area contributed by atoms with Crippen molar-refractivity contribution in [2.45, 2.75) is 39.7 Å². The molecule has 1 N–H and O–H groups in total. The summed E-state index contributed by atoms with van der Waals surface area (Å²) >= 11 is 0. The number of carbonyl (C=O) groups excluding carboxylic acids is 1. The molecule has 2 unspecified atom stereocenters. The summed E-state index contributed by atoms with van der Waals surface area (Å²) in [6.07, 6.45) is 0.935. The molecule has 0 radical (unpaired) electrons. The standard InChI is InChI=1S/C13H23NO4/c1-4-5-10(9(2)3)12(15)14-6-7-18-11(8-14)13(16)17/h9-11H,4-8H2,1-3H3,(H,16,17). The number of aliphatic carboxylic acids is 1. The Balaban J connectivity index is 2.66. The highest BCUT2D eigenvalue weighted by molar-refractivity contribution is 5.80. The molecule has 0 spiro atoms. The Kier molecular flexibility index (Phi) is 5.59. The topological polar surface area (TPSA) is 66.8 Å². The summed E-state index contributed by atoms with van der Waals surface area (Å²) in [4.78, 5) is 24.9. The fourth-order valence-corrected chi connectivity index (χ4v) is 2.29. The van der Waals surface area contributed by atoms with Gasteiger partial charge in [0, 0.05) is 12.5 Å². The average Bonchev–Trinajstić information content (AvgIpc) is 2.35. The quantitative estimate of drug-likeness (QED) is 0.807. The van der Waals surface area contributed by atoms with Crippen molar-refractivity contribution >= 4 is 11.9 Å². The van der Waals surface area contributed by atoms with Gasteiger partial charge in [-0.2, -0.15) is 0 Å². The van der Waals surface area contributed by atoms with Crippen molar-refractivity contribution < 1.29 is 19.4 Å². The van der Waals surface area contributed by atoms with Crippen LogP contribution in [-0.4, -0.2) is 47.7 Å². The largest absolute Gasteiger partial charge is 0.479 e. The number of carbonyl (C=O) groups is 2. The van der Waals surface area contributed by atoms with Crippen molar-refractivity contribution in [1.29, 1.82) is 0 Å². The Labute approximate surface area is 108 Å². The first kappa shape index (κ1) is 15.0. The molecule has 1 aliphatic heterocycles. The predicted molar refractivity (Wildman–Crippen MR) is 67.2 cm³/mol. The maximum absolute atomic E-state index is 12.4. The Hall–Kier alpha value is -1.10. The zero-order valence-corrected chi connectivity index (χ0v) is 11.4. The first-order chi connectivity index (χ1) is 8.47. The van der Waals surface area contributed by atoms with Crippen LogP contribution in [0, 0.1) is 11.8 Å². The number of nitrogens with zero attached hydrogens (tertiary/aromatic N) is 1. The smallest absolute Gasteiger partial charge is 0.334 e. The third kappa shape index (κ3) is 3.70. The second kappa shape index (κ2) is 6.73. The molecule has 104 valence electrons. The molecule has 0 aromatic carbocycles. The summed E-state index contributed by atoms with van der Waals surface area (Å²) in [6, 6.07) is 0. The molecule has 0 aromatic heterocycles. The van der Waals surface area contributed by atoms with Crippen LogP contribution in [0.2, 0.25) is 0 Å². The molecule has 1 heterocycles. The number of ether oxygens (including phenoxy) is 1. The summed E-state index contributed by atoms with van der Waals surface area (Å²) in [7, 11) is 0. The number of morpholine rings is 1.